The third-order valence-corrected chi connectivity index (χ3v) is 3.19. The Morgan fingerprint density at radius 3 is 2.67 bits per heavy atom. The molecule has 0 aliphatic rings. The summed E-state index contributed by atoms with van der Waals surface area (Å²) in [4.78, 5) is 39.9. The van der Waals surface area contributed by atoms with E-state index >= 15 is 0 Å². The lowest BCUT2D eigenvalue weighted by atomic mass is 10.2. The molecule has 0 spiro atoms. The van der Waals surface area contributed by atoms with Crippen molar-refractivity contribution in [3.63, 3.8) is 0 Å². The number of ether oxygens (including phenoxy) is 1. The molecule has 3 rings (SSSR count). The number of carbonyl (C=O) groups is 2. The average Bonchev–Trinajstić information content (AvgIpc) is 2.92. The Labute approximate surface area is 134 Å². The highest BCUT2D eigenvalue weighted by Gasteiger charge is 2.11. The number of aromatic amines is 2. The van der Waals surface area contributed by atoms with Crippen molar-refractivity contribution in [3.8, 4) is 0 Å². The molecule has 0 atom stereocenters. The zero-order chi connectivity index (χ0) is 17.1. The lowest BCUT2D eigenvalue weighted by Crippen LogP contribution is -2.20. The van der Waals surface area contributed by atoms with Crippen molar-refractivity contribution in [2.45, 2.75) is 0 Å². The first kappa shape index (κ1) is 15.5. The minimum atomic E-state index is -0.796. The molecule has 0 saturated carbocycles. The van der Waals surface area contributed by atoms with Gasteiger partial charge in [-0.25, -0.2) is 14.0 Å². The van der Waals surface area contributed by atoms with E-state index in [1.54, 1.807) is 18.2 Å². The van der Waals surface area contributed by atoms with E-state index in [4.69, 9.17) is 4.74 Å². The van der Waals surface area contributed by atoms with Gasteiger partial charge in [-0.2, -0.15) is 0 Å². The summed E-state index contributed by atoms with van der Waals surface area (Å²) < 4.78 is 17.9. The van der Waals surface area contributed by atoms with Gasteiger partial charge in [-0.05, 0) is 36.4 Å². The molecule has 0 bridgehead atoms. The Morgan fingerprint density at radius 2 is 1.88 bits per heavy atom. The quantitative estimate of drug-likeness (QED) is 0.635. The van der Waals surface area contributed by atoms with E-state index in [1.165, 1.54) is 18.2 Å². The topological polar surface area (TPSA) is 104 Å². The molecule has 1 heterocycles. The normalized spacial score (nSPS) is 10.5. The van der Waals surface area contributed by atoms with Crippen LogP contribution in [-0.4, -0.2) is 28.5 Å². The number of imidazole rings is 1. The summed E-state index contributed by atoms with van der Waals surface area (Å²) in [5, 5.41) is 2.54. The molecule has 3 aromatic rings. The number of halogens is 1. The molecule has 0 fully saturated rings. The number of nitrogens with one attached hydrogen (secondary N) is 3. The number of anilines is 1. The third-order valence-electron chi connectivity index (χ3n) is 3.19. The van der Waals surface area contributed by atoms with E-state index < -0.39 is 24.3 Å². The predicted molar refractivity (Wildman–Crippen MR) is 84.2 cm³/mol. The van der Waals surface area contributed by atoms with Gasteiger partial charge in [0.25, 0.3) is 5.91 Å². The Kier molecular flexibility index (Phi) is 4.11. The van der Waals surface area contributed by atoms with E-state index in [0.29, 0.717) is 16.7 Å². The Morgan fingerprint density at radius 1 is 1.08 bits per heavy atom. The molecule has 0 saturated heterocycles. The standard InChI is InChI=1S/C16H12FN3O4/c17-10-3-1-2-9(6-10)15(22)24-8-14(21)18-11-4-5-12-13(7-11)20-16(23)19-12/h1-7H,8H2,(H,18,21)(H2,19,20,23). The van der Waals surface area contributed by atoms with E-state index in [-0.39, 0.29) is 11.3 Å². The molecular weight excluding hydrogens is 317 g/mol. The van der Waals surface area contributed by atoms with Crippen molar-refractivity contribution in [2.75, 3.05) is 11.9 Å². The van der Waals surface area contributed by atoms with Crippen LogP contribution in [0.5, 0.6) is 0 Å². The lowest BCUT2D eigenvalue weighted by molar-refractivity contribution is -0.119. The number of aromatic nitrogens is 2. The van der Waals surface area contributed by atoms with Gasteiger partial charge in [-0.3, -0.25) is 4.79 Å². The summed E-state index contributed by atoms with van der Waals surface area (Å²) in [6, 6.07) is 9.78. The van der Waals surface area contributed by atoms with Gasteiger partial charge in [0, 0.05) is 5.69 Å². The Hall–Kier alpha value is -3.42. The third kappa shape index (κ3) is 3.49. The van der Waals surface area contributed by atoms with E-state index in [9.17, 15) is 18.8 Å². The SMILES string of the molecule is O=C(COC(=O)c1cccc(F)c1)Nc1ccc2[nH]c(=O)[nH]c2c1. The molecule has 0 aliphatic heterocycles. The van der Waals surface area contributed by atoms with Crippen molar-refractivity contribution in [1.29, 1.82) is 0 Å². The molecule has 2 aromatic carbocycles. The van der Waals surface area contributed by atoms with Gasteiger partial charge >= 0.3 is 11.7 Å². The highest BCUT2D eigenvalue weighted by atomic mass is 19.1. The number of rotatable bonds is 4. The van der Waals surface area contributed by atoms with E-state index in [2.05, 4.69) is 15.3 Å². The number of benzene rings is 2. The molecular formula is C16H12FN3O4. The van der Waals surface area contributed by atoms with E-state index in [0.717, 1.165) is 6.07 Å². The zero-order valence-corrected chi connectivity index (χ0v) is 12.3. The summed E-state index contributed by atoms with van der Waals surface area (Å²) in [6.45, 7) is -0.517. The molecule has 7 nitrogen and oxygen atoms in total. The highest BCUT2D eigenvalue weighted by Crippen LogP contribution is 2.14. The number of H-pyrrole nitrogens is 2. The number of esters is 1. The van der Waals surface area contributed by atoms with Crippen molar-refractivity contribution >= 4 is 28.6 Å². The number of hydrogen-bond acceptors (Lipinski definition) is 4. The monoisotopic (exact) mass is 329 g/mol. The maximum atomic E-state index is 13.0. The molecule has 24 heavy (non-hydrogen) atoms. The van der Waals surface area contributed by atoms with Gasteiger partial charge < -0.3 is 20.0 Å². The second kappa shape index (κ2) is 6.37. The summed E-state index contributed by atoms with van der Waals surface area (Å²) in [5.41, 5.74) is 1.25. The number of amides is 1. The maximum absolute atomic E-state index is 13.0. The van der Waals surface area contributed by atoms with Crippen LogP contribution in [0.15, 0.2) is 47.3 Å². The molecule has 122 valence electrons. The van der Waals surface area contributed by atoms with Crippen LogP contribution in [0.2, 0.25) is 0 Å². The average molecular weight is 329 g/mol. The second-order valence-electron chi connectivity index (χ2n) is 4.97. The van der Waals surface area contributed by atoms with Crippen LogP contribution >= 0.6 is 0 Å². The summed E-state index contributed by atoms with van der Waals surface area (Å²) in [7, 11) is 0. The first-order valence-electron chi connectivity index (χ1n) is 6.96. The molecule has 3 N–H and O–H groups in total. The van der Waals surface area contributed by atoms with Crippen molar-refractivity contribution in [3.05, 3.63) is 64.3 Å². The minimum Gasteiger partial charge on any atom is -0.452 e. The van der Waals surface area contributed by atoms with Gasteiger partial charge in [0.05, 0.1) is 16.6 Å². The Bertz CT molecular complexity index is 977. The van der Waals surface area contributed by atoms with Crippen LogP contribution in [0.25, 0.3) is 11.0 Å². The smallest absolute Gasteiger partial charge is 0.338 e. The number of fused-ring (bicyclic) bond motifs is 1. The van der Waals surface area contributed by atoms with Gasteiger partial charge in [-0.1, -0.05) is 6.07 Å². The number of carbonyl (C=O) groups excluding carboxylic acids is 2. The van der Waals surface area contributed by atoms with Gasteiger partial charge in [0.1, 0.15) is 5.82 Å². The Balaban J connectivity index is 1.60. The summed E-state index contributed by atoms with van der Waals surface area (Å²) >= 11 is 0. The predicted octanol–water partition coefficient (Wildman–Crippen LogP) is 1.79. The fourth-order valence-electron chi connectivity index (χ4n) is 2.14. The van der Waals surface area contributed by atoms with Crippen LogP contribution in [0.4, 0.5) is 10.1 Å². The van der Waals surface area contributed by atoms with Crippen LogP contribution in [0, 0.1) is 5.82 Å². The van der Waals surface area contributed by atoms with Crippen LogP contribution in [-0.2, 0) is 9.53 Å². The van der Waals surface area contributed by atoms with E-state index in [1.807, 2.05) is 0 Å². The lowest BCUT2D eigenvalue weighted by Gasteiger charge is -2.07. The first-order chi connectivity index (χ1) is 11.5. The van der Waals surface area contributed by atoms with Gasteiger partial charge in [-0.15, -0.1) is 0 Å². The first-order valence-corrected chi connectivity index (χ1v) is 6.96. The van der Waals surface area contributed by atoms with Crippen LogP contribution in [0.1, 0.15) is 10.4 Å². The fourth-order valence-corrected chi connectivity index (χ4v) is 2.14. The minimum absolute atomic E-state index is 0.0223. The molecule has 8 heteroatoms. The van der Waals surface area contributed by atoms with Gasteiger partial charge in [0.2, 0.25) is 0 Å². The number of hydrogen-bond donors (Lipinski definition) is 3. The van der Waals surface area contributed by atoms with Crippen LogP contribution in [0.3, 0.4) is 0 Å². The summed E-state index contributed by atoms with van der Waals surface area (Å²) in [5.74, 6) is -1.92. The zero-order valence-electron chi connectivity index (χ0n) is 12.3. The largest absolute Gasteiger partial charge is 0.452 e. The molecule has 0 aliphatic carbocycles. The van der Waals surface area contributed by atoms with Crippen molar-refractivity contribution in [1.82, 2.24) is 9.97 Å². The molecule has 1 aromatic heterocycles. The molecule has 1 amide bonds. The highest BCUT2D eigenvalue weighted by molar-refractivity contribution is 5.96. The van der Waals surface area contributed by atoms with Crippen LogP contribution < -0.4 is 11.0 Å². The van der Waals surface area contributed by atoms with Crippen molar-refractivity contribution < 1.29 is 18.7 Å². The maximum Gasteiger partial charge on any atom is 0.338 e. The fraction of sp³-hybridized carbons (Fsp3) is 0.0625. The summed E-state index contributed by atoms with van der Waals surface area (Å²) in [6.07, 6.45) is 0. The van der Waals surface area contributed by atoms with Gasteiger partial charge in [0.15, 0.2) is 6.61 Å². The second-order valence-corrected chi connectivity index (χ2v) is 4.97. The van der Waals surface area contributed by atoms with Crippen molar-refractivity contribution in [2.24, 2.45) is 0 Å². The molecule has 0 radical (unpaired) electrons. The molecule has 0 unspecified atom stereocenters.